The quantitative estimate of drug-likeness (QED) is 0.341. The monoisotopic (exact) mass is 120 g/mol. The van der Waals surface area contributed by atoms with Gasteiger partial charge in [-0.2, -0.15) is 0 Å². The van der Waals surface area contributed by atoms with E-state index < -0.39 is 5.97 Å². The van der Waals surface area contributed by atoms with Crippen molar-refractivity contribution in [1.82, 2.24) is 0 Å². The summed E-state index contributed by atoms with van der Waals surface area (Å²) in [4.78, 5) is 26.3. The van der Waals surface area contributed by atoms with Gasteiger partial charge in [0.05, 0.1) is 0 Å². The van der Waals surface area contributed by atoms with Gasteiger partial charge in [-0.05, 0) is 0 Å². The number of rotatable bonds is 1. The van der Waals surface area contributed by atoms with Gasteiger partial charge in [0, 0.05) is 0 Å². The Balaban J connectivity index is 0. The lowest BCUT2D eigenvalue weighted by Crippen LogP contribution is -1.91. The van der Waals surface area contributed by atoms with Crippen molar-refractivity contribution in [2.45, 2.75) is 0 Å². The van der Waals surface area contributed by atoms with Crippen LogP contribution in [0.2, 0.25) is 0 Å². The third-order valence-electron chi connectivity index (χ3n) is 0.101. The van der Waals surface area contributed by atoms with Gasteiger partial charge in [-0.3, -0.25) is 9.59 Å². The molecule has 0 radical (unpaired) electrons. The zero-order valence-electron chi connectivity index (χ0n) is 3.77. The molecule has 8 heavy (non-hydrogen) atoms. The van der Waals surface area contributed by atoms with Gasteiger partial charge in [0.1, 0.15) is 0 Å². The van der Waals surface area contributed by atoms with Crippen molar-refractivity contribution >= 4 is 18.7 Å². The molecule has 0 fully saturated rings. The Morgan fingerprint density at radius 3 is 1.50 bits per heavy atom. The highest BCUT2D eigenvalue weighted by molar-refractivity contribution is 6.19. The van der Waals surface area contributed by atoms with Crippen molar-refractivity contribution in [3.8, 4) is 0 Å². The standard InChI is InChI=1S/C2H2O3.CH2O2/c3-1-2(4)5;2-1-3/h1H,(H,4,5);1H,(H,2,3). The van der Waals surface area contributed by atoms with Crippen LogP contribution in [0.15, 0.2) is 0 Å². The van der Waals surface area contributed by atoms with Crippen LogP contribution in [0.25, 0.3) is 0 Å². The molecule has 0 aromatic heterocycles. The minimum atomic E-state index is -1.43. The van der Waals surface area contributed by atoms with Crippen LogP contribution < -0.4 is 0 Å². The SMILES string of the molecule is O=CC(=O)O.O=CO. The van der Waals surface area contributed by atoms with Gasteiger partial charge in [0.25, 0.3) is 6.47 Å². The fraction of sp³-hybridized carbons (Fsp3) is 0. The molecule has 0 aromatic carbocycles. The highest BCUT2D eigenvalue weighted by Crippen LogP contribution is 1.39. The largest absolute Gasteiger partial charge is 0.483 e. The first-order valence-electron chi connectivity index (χ1n) is 1.45. The molecule has 5 nitrogen and oxygen atoms in total. The molecular formula is C3H4O5. The van der Waals surface area contributed by atoms with Crippen LogP contribution in [0.1, 0.15) is 0 Å². The van der Waals surface area contributed by atoms with E-state index in [9.17, 15) is 0 Å². The number of carboxylic acids is 1. The highest BCUT2D eigenvalue weighted by Gasteiger charge is 1.80. The Morgan fingerprint density at radius 2 is 1.50 bits per heavy atom. The second kappa shape index (κ2) is 9.15. The molecule has 0 unspecified atom stereocenters. The zero-order valence-corrected chi connectivity index (χ0v) is 3.77. The van der Waals surface area contributed by atoms with Gasteiger partial charge in [0.15, 0.2) is 0 Å². The number of carbonyl (C=O) groups is 3. The zero-order chi connectivity index (χ0) is 6.99. The average Bonchev–Trinajstić information content (AvgIpc) is 1.69. The average molecular weight is 120 g/mol. The summed E-state index contributed by atoms with van der Waals surface area (Å²) >= 11 is 0. The van der Waals surface area contributed by atoms with Crippen LogP contribution >= 0.6 is 0 Å². The van der Waals surface area contributed by atoms with Crippen LogP contribution in [-0.2, 0) is 14.4 Å². The first-order valence-corrected chi connectivity index (χ1v) is 1.45. The number of hydrogen-bond donors (Lipinski definition) is 2. The second-order valence-corrected chi connectivity index (χ2v) is 0.561. The second-order valence-electron chi connectivity index (χ2n) is 0.561. The molecule has 0 spiro atoms. The molecule has 0 aliphatic heterocycles. The van der Waals surface area contributed by atoms with Crippen LogP contribution in [0, 0.1) is 0 Å². The lowest BCUT2D eigenvalue weighted by molar-refractivity contribution is -0.143. The van der Waals surface area contributed by atoms with E-state index in [1.54, 1.807) is 0 Å². The van der Waals surface area contributed by atoms with Gasteiger partial charge < -0.3 is 10.2 Å². The van der Waals surface area contributed by atoms with Gasteiger partial charge in [-0.1, -0.05) is 0 Å². The summed E-state index contributed by atoms with van der Waals surface area (Å²) in [6.45, 7) is -0.250. The van der Waals surface area contributed by atoms with E-state index in [0.717, 1.165) is 0 Å². The van der Waals surface area contributed by atoms with Crippen LogP contribution in [-0.4, -0.2) is 28.9 Å². The molecule has 0 aliphatic carbocycles. The predicted molar refractivity (Wildman–Crippen MR) is 22.4 cm³/mol. The van der Waals surface area contributed by atoms with Crippen molar-refractivity contribution in [3.63, 3.8) is 0 Å². The van der Waals surface area contributed by atoms with E-state index in [4.69, 9.17) is 24.6 Å². The van der Waals surface area contributed by atoms with Crippen molar-refractivity contribution < 1.29 is 24.6 Å². The van der Waals surface area contributed by atoms with E-state index in [-0.39, 0.29) is 12.8 Å². The normalized spacial score (nSPS) is 5.50. The molecule has 0 saturated heterocycles. The Labute approximate surface area is 44.5 Å². The number of carbonyl (C=O) groups excluding carboxylic acids is 1. The van der Waals surface area contributed by atoms with Crippen molar-refractivity contribution in [3.05, 3.63) is 0 Å². The summed E-state index contributed by atoms with van der Waals surface area (Å²) in [6, 6.07) is 0. The fourth-order valence-corrected chi connectivity index (χ4v) is 0. The first kappa shape index (κ1) is 9.79. The minimum Gasteiger partial charge on any atom is -0.483 e. The maximum absolute atomic E-state index is 9.00. The number of aliphatic carboxylic acids is 1. The summed E-state index contributed by atoms with van der Waals surface area (Å²) < 4.78 is 0. The van der Waals surface area contributed by atoms with E-state index >= 15 is 0 Å². The van der Waals surface area contributed by atoms with Gasteiger partial charge in [0.2, 0.25) is 6.29 Å². The number of hydrogen-bond acceptors (Lipinski definition) is 3. The fourth-order valence-electron chi connectivity index (χ4n) is 0. The van der Waals surface area contributed by atoms with Crippen molar-refractivity contribution in [1.29, 1.82) is 0 Å². The molecule has 0 heterocycles. The van der Waals surface area contributed by atoms with E-state index in [2.05, 4.69) is 0 Å². The third-order valence-corrected chi connectivity index (χ3v) is 0.101. The Morgan fingerprint density at radius 1 is 1.38 bits per heavy atom. The maximum Gasteiger partial charge on any atom is 0.368 e. The molecule has 0 amide bonds. The topological polar surface area (TPSA) is 91.7 Å². The van der Waals surface area contributed by atoms with Crippen molar-refractivity contribution in [2.75, 3.05) is 0 Å². The molecule has 0 aliphatic rings. The van der Waals surface area contributed by atoms with Crippen LogP contribution in [0.3, 0.4) is 0 Å². The molecule has 0 bridgehead atoms. The smallest absolute Gasteiger partial charge is 0.368 e. The lowest BCUT2D eigenvalue weighted by atomic mass is 10.8. The van der Waals surface area contributed by atoms with Crippen LogP contribution in [0.5, 0.6) is 0 Å². The third kappa shape index (κ3) is 161. The molecular weight excluding hydrogens is 116 g/mol. The Kier molecular flexibility index (Phi) is 11.2. The highest BCUT2D eigenvalue weighted by atomic mass is 16.4. The minimum absolute atomic E-state index is 0.167. The van der Waals surface area contributed by atoms with Crippen LogP contribution in [0.4, 0.5) is 0 Å². The summed E-state index contributed by atoms with van der Waals surface area (Å²) in [5, 5.41) is 14.2. The molecule has 46 valence electrons. The maximum atomic E-state index is 9.00. The van der Waals surface area contributed by atoms with E-state index in [1.165, 1.54) is 0 Å². The first-order chi connectivity index (χ1) is 3.68. The molecule has 0 saturated carbocycles. The molecule has 0 aromatic rings. The van der Waals surface area contributed by atoms with Crippen molar-refractivity contribution in [2.24, 2.45) is 0 Å². The van der Waals surface area contributed by atoms with Gasteiger partial charge in [-0.15, -0.1) is 0 Å². The summed E-state index contributed by atoms with van der Waals surface area (Å²) in [7, 11) is 0. The number of carboxylic acid groups (broad SMARTS) is 2. The summed E-state index contributed by atoms with van der Waals surface area (Å²) in [5.41, 5.74) is 0. The molecule has 0 rings (SSSR count). The molecule has 0 atom stereocenters. The van der Waals surface area contributed by atoms with Gasteiger partial charge in [-0.25, -0.2) is 4.79 Å². The molecule has 5 heteroatoms. The van der Waals surface area contributed by atoms with E-state index in [0.29, 0.717) is 0 Å². The van der Waals surface area contributed by atoms with E-state index in [1.807, 2.05) is 0 Å². The lowest BCUT2D eigenvalue weighted by Gasteiger charge is -1.59. The predicted octanol–water partition coefficient (Wildman–Crippen LogP) is -1.03. The Hall–Kier alpha value is -1.39. The molecule has 2 N–H and O–H groups in total. The summed E-state index contributed by atoms with van der Waals surface area (Å²) in [5.74, 6) is -1.43. The van der Waals surface area contributed by atoms with Gasteiger partial charge >= 0.3 is 5.97 Å². The Bertz CT molecular complexity index is 85.7. The summed E-state index contributed by atoms with van der Waals surface area (Å²) in [6.07, 6.45) is -0.167. The number of aldehydes is 1.